The summed E-state index contributed by atoms with van der Waals surface area (Å²) in [6, 6.07) is 0.413. The fourth-order valence-corrected chi connectivity index (χ4v) is 3.30. The largest absolute Gasteiger partial charge is 0.348 e. The molecular formula is C15H29N3S. The second-order valence-corrected chi connectivity index (χ2v) is 6.06. The summed E-state index contributed by atoms with van der Waals surface area (Å²) in [4.78, 5) is 8.56. The Kier molecular flexibility index (Phi) is 7.39. The van der Waals surface area contributed by atoms with Gasteiger partial charge in [0, 0.05) is 24.0 Å². The standard InChI is InChI=1S/C15H29N3S/c1-6-9-11-18(8-3)15-17-13(5)14(19-15)12(4)16-10-7-2/h12,16H,6-11H2,1-5H3. The number of aromatic nitrogens is 1. The van der Waals surface area contributed by atoms with Crippen molar-refractivity contribution < 1.29 is 0 Å². The zero-order chi connectivity index (χ0) is 14.3. The monoisotopic (exact) mass is 283 g/mol. The van der Waals surface area contributed by atoms with E-state index in [2.05, 4.69) is 44.8 Å². The van der Waals surface area contributed by atoms with Gasteiger partial charge in [0.2, 0.25) is 0 Å². The fraction of sp³-hybridized carbons (Fsp3) is 0.800. The maximum atomic E-state index is 4.77. The number of rotatable bonds is 9. The van der Waals surface area contributed by atoms with E-state index in [4.69, 9.17) is 4.98 Å². The van der Waals surface area contributed by atoms with Gasteiger partial charge in [-0.05, 0) is 40.2 Å². The lowest BCUT2D eigenvalue weighted by Gasteiger charge is -2.19. The van der Waals surface area contributed by atoms with Crippen LogP contribution in [0.15, 0.2) is 0 Å². The van der Waals surface area contributed by atoms with Gasteiger partial charge >= 0.3 is 0 Å². The van der Waals surface area contributed by atoms with Crippen molar-refractivity contribution in [3.05, 3.63) is 10.6 Å². The molecule has 0 amide bonds. The Labute approximate surface area is 122 Å². The summed E-state index contributed by atoms with van der Waals surface area (Å²) >= 11 is 1.85. The lowest BCUT2D eigenvalue weighted by molar-refractivity contribution is 0.575. The summed E-state index contributed by atoms with van der Waals surface area (Å²) in [7, 11) is 0. The minimum Gasteiger partial charge on any atom is -0.348 e. The number of nitrogens with one attached hydrogen (secondary N) is 1. The van der Waals surface area contributed by atoms with Crippen molar-refractivity contribution >= 4 is 16.5 Å². The predicted octanol–water partition coefficient (Wildman–Crippen LogP) is 4.14. The second-order valence-electron chi connectivity index (χ2n) is 5.06. The molecule has 4 heteroatoms. The van der Waals surface area contributed by atoms with Crippen LogP contribution in [0.1, 0.15) is 63.6 Å². The molecule has 0 bridgehead atoms. The molecule has 0 saturated heterocycles. The number of thiazole rings is 1. The Morgan fingerprint density at radius 2 is 2.00 bits per heavy atom. The number of aryl methyl sites for hydroxylation is 1. The summed E-state index contributed by atoms with van der Waals surface area (Å²) in [5.74, 6) is 0. The van der Waals surface area contributed by atoms with Crippen LogP contribution in [0.25, 0.3) is 0 Å². The Bertz CT molecular complexity index is 362. The number of anilines is 1. The molecule has 3 nitrogen and oxygen atoms in total. The highest BCUT2D eigenvalue weighted by molar-refractivity contribution is 7.15. The van der Waals surface area contributed by atoms with Gasteiger partial charge in [-0.25, -0.2) is 4.98 Å². The van der Waals surface area contributed by atoms with Crippen molar-refractivity contribution in [3.63, 3.8) is 0 Å². The van der Waals surface area contributed by atoms with E-state index < -0.39 is 0 Å². The van der Waals surface area contributed by atoms with Gasteiger partial charge in [-0.2, -0.15) is 0 Å². The van der Waals surface area contributed by atoms with E-state index in [1.807, 2.05) is 11.3 Å². The number of nitrogens with zero attached hydrogens (tertiary/aromatic N) is 2. The second kappa shape index (κ2) is 8.54. The maximum absolute atomic E-state index is 4.77. The van der Waals surface area contributed by atoms with E-state index >= 15 is 0 Å². The molecular weight excluding hydrogens is 254 g/mol. The summed E-state index contributed by atoms with van der Waals surface area (Å²) in [5.41, 5.74) is 1.19. The van der Waals surface area contributed by atoms with E-state index in [9.17, 15) is 0 Å². The molecule has 110 valence electrons. The van der Waals surface area contributed by atoms with Crippen LogP contribution in [-0.2, 0) is 0 Å². The molecule has 1 N–H and O–H groups in total. The Hall–Kier alpha value is -0.610. The third kappa shape index (κ3) is 4.77. The molecule has 1 aromatic rings. The molecule has 0 aliphatic carbocycles. The zero-order valence-electron chi connectivity index (χ0n) is 13.1. The molecule has 1 atom stereocenters. The van der Waals surface area contributed by atoms with Crippen molar-refractivity contribution in [2.24, 2.45) is 0 Å². The highest BCUT2D eigenvalue weighted by Gasteiger charge is 2.16. The van der Waals surface area contributed by atoms with Crippen molar-refractivity contribution in [2.45, 2.75) is 59.9 Å². The van der Waals surface area contributed by atoms with Crippen LogP contribution in [-0.4, -0.2) is 24.6 Å². The zero-order valence-corrected chi connectivity index (χ0v) is 13.9. The minimum absolute atomic E-state index is 0.413. The van der Waals surface area contributed by atoms with E-state index in [0.717, 1.165) is 19.6 Å². The topological polar surface area (TPSA) is 28.2 Å². The molecule has 1 rings (SSSR count). The van der Waals surface area contributed by atoms with Gasteiger partial charge in [-0.3, -0.25) is 0 Å². The van der Waals surface area contributed by atoms with E-state index in [-0.39, 0.29) is 0 Å². The van der Waals surface area contributed by atoms with Gasteiger partial charge in [-0.1, -0.05) is 20.3 Å². The van der Waals surface area contributed by atoms with Gasteiger partial charge in [0.05, 0.1) is 5.69 Å². The third-order valence-corrected chi connectivity index (χ3v) is 4.75. The summed E-state index contributed by atoms with van der Waals surface area (Å²) in [5, 5.41) is 4.74. The first-order valence-corrected chi connectivity index (χ1v) is 8.41. The molecule has 0 spiro atoms. The summed E-state index contributed by atoms with van der Waals surface area (Å²) in [6.45, 7) is 14.3. The molecule has 1 unspecified atom stereocenters. The Balaban J connectivity index is 2.75. The fourth-order valence-electron chi connectivity index (χ4n) is 2.12. The normalized spacial score (nSPS) is 12.7. The van der Waals surface area contributed by atoms with Gasteiger partial charge in [0.15, 0.2) is 5.13 Å². The van der Waals surface area contributed by atoms with Gasteiger partial charge in [0.25, 0.3) is 0 Å². The quantitative estimate of drug-likeness (QED) is 0.738. The van der Waals surface area contributed by atoms with Crippen LogP contribution in [0.4, 0.5) is 5.13 Å². The Morgan fingerprint density at radius 1 is 1.26 bits per heavy atom. The number of hydrogen-bond donors (Lipinski definition) is 1. The van der Waals surface area contributed by atoms with Gasteiger partial charge < -0.3 is 10.2 Å². The van der Waals surface area contributed by atoms with E-state index in [1.165, 1.54) is 35.0 Å². The molecule has 0 aliphatic rings. The first-order valence-electron chi connectivity index (χ1n) is 7.59. The van der Waals surface area contributed by atoms with E-state index in [0.29, 0.717) is 6.04 Å². The smallest absolute Gasteiger partial charge is 0.185 e. The van der Waals surface area contributed by atoms with Crippen molar-refractivity contribution in [2.75, 3.05) is 24.5 Å². The third-order valence-electron chi connectivity index (χ3n) is 3.35. The summed E-state index contributed by atoms with van der Waals surface area (Å²) < 4.78 is 0. The molecule has 0 aliphatic heterocycles. The van der Waals surface area contributed by atoms with Crippen LogP contribution in [0.3, 0.4) is 0 Å². The first-order chi connectivity index (χ1) is 9.13. The van der Waals surface area contributed by atoms with Crippen LogP contribution in [0, 0.1) is 6.92 Å². The highest BCUT2D eigenvalue weighted by atomic mass is 32.1. The van der Waals surface area contributed by atoms with Crippen molar-refractivity contribution in [3.8, 4) is 0 Å². The van der Waals surface area contributed by atoms with Crippen LogP contribution >= 0.6 is 11.3 Å². The number of unbranched alkanes of at least 4 members (excludes halogenated alkanes) is 1. The molecule has 1 aromatic heterocycles. The van der Waals surface area contributed by atoms with Crippen molar-refractivity contribution in [1.29, 1.82) is 0 Å². The summed E-state index contributed by atoms with van der Waals surface area (Å²) in [6.07, 6.45) is 3.65. The molecule has 19 heavy (non-hydrogen) atoms. The molecule has 0 aromatic carbocycles. The van der Waals surface area contributed by atoms with E-state index in [1.54, 1.807) is 0 Å². The molecule has 0 fully saturated rings. The van der Waals surface area contributed by atoms with Gasteiger partial charge in [-0.15, -0.1) is 11.3 Å². The van der Waals surface area contributed by atoms with Crippen LogP contribution < -0.4 is 10.2 Å². The number of hydrogen-bond acceptors (Lipinski definition) is 4. The van der Waals surface area contributed by atoms with Crippen LogP contribution in [0.2, 0.25) is 0 Å². The first kappa shape index (κ1) is 16.4. The molecule has 0 saturated carbocycles. The average molecular weight is 283 g/mol. The Morgan fingerprint density at radius 3 is 2.58 bits per heavy atom. The van der Waals surface area contributed by atoms with Gasteiger partial charge in [0.1, 0.15) is 0 Å². The highest BCUT2D eigenvalue weighted by Crippen LogP contribution is 2.30. The average Bonchev–Trinajstić information content (AvgIpc) is 2.79. The molecule has 0 radical (unpaired) electrons. The maximum Gasteiger partial charge on any atom is 0.185 e. The lowest BCUT2D eigenvalue weighted by atomic mass is 10.2. The van der Waals surface area contributed by atoms with Crippen molar-refractivity contribution in [1.82, 2.24) is 10.3 Å². The lowest BCUT2D eigenvalue weighted by Crippen LogP contribution is -2.23. The minimum atomic E-state index is 0.413. The molecule has 1 heterocycles. The predicted molar refractivity (Wildman–Crippen MR) is 86.4 cm³/mol. The van der Waals surface area contributed by atoms with Crippen LogP contribution in [0.5, 0.6) is 0 Å². The SMILES string of the molecule is CCCCN(CC)c1nc(C)c(C(C)NCCC)s1.